The fraction of sp³-hybridized carbons (Fsp3) is 0.263. The molecule has 0 N–H and O–H groups in total. The van der Waals surface area contributed by atoms with Gasteiger partial charge in [-0.05, 0) is 43.3 Å². The summed E-state index contributed by atoms with van der Waals surface area (Å²) in [5.41, 5.74) is -0.263. The van der Waals surface area contributed by atoms with E-state index in [1.54, 1.807) is 0 Å². The summed E-state index contributed by atoms with van der Waals surface area (Å²) in [6.07, 6.45) is -8.72. The normalized spacial score (nSPS) is 12.1. The smallest absolute Gasteiger partial charge is 0.493 e. The summed E-state index contributed by atoms with van der Waals surface area (Å²) in [7, 11) is 1.21. The number of aromatic nitrogens is 1. The third-order valence-corrected chi connectivity index (χ3v) is 4.96. The van der Waals surface area contributed by atoms with Crippen LogP contribution in [0.25, 0.3) is 20.8 Å². The largest absolute Gasteiger partial charge is 0.502 e. The number of rotatable bonds is 6. The van der Waals surface area contributed by atoms with Gasteiger partial charge in [-0.15, -0.1) is 11.3 Å². The molecule has 11 heteroatoms. The van der Waals surface area contributed by atoms with Gasteiger partial charge in [0.2, 0.25) is 0 Å². The second kappa shape index (κ2) is 8.05. The van der Waals surface area contributed by atoms with E-state index in [-0.39, 0.29) is 17.9 Å². The Morgan fingerprint density at radius 3 is 2.43 bits per heavy atom. The summed E-state index contributed by atoms with van der Waals surface area (Å²) in [5, 5.41) is 0.353. The molecule has 3 rings (SSSR count). The number of hydrogen-bond acceptors (Lipinski definition) is 6. The van der Waals surface area contributed by atoms with Gasteiger partial charge in [0.15, 0.2) is 11.5 Å². The Morgan fingerprint density at radius 1 is 1.07 bits per heavy atom. The highest BCUT2D eigenvalue weighted by Crippen LogP contribution is 2.39. The minimum atomic E-state index is -4.50. The van der Waals surface area contributed by atoms with E-state index >= 15 is 0 Å². The predicted octanol–water partition coefficient (Wildman–Crippen LogP) is 5.53. The van der Waals surface area contributed by atoms with Crippen molar-refractivity contribution in [1.29, 1.82) is 0 Å². The van der Waals surface area contributed by atoms with Crippen LogP contribution in [0, 0.1) is 0 Å². The Balaban J connectivity index is 1.93. The lowest BCUT2D eigenvalue weighted by atomic mass is 10.2. The SMILES string of the molecule is CCOC(=O)C(F)(F)Oc1ccc(-c2nc3cc(C(F)(F)F)ccc3s2)cc1OC. The van der Waals surface area contributed by atoms with Crippen molar-refractivity contribution in [3.8, 4) is 22.1 Å². The van der Waals surface area contributed by atoms with Crippen molar-refractivity contribution < 1.29 is 41.0 Å². The van der Waals surface area contributed by atoms with Crippen LogP contribution in [0.1, 0.15) is 12.5 Å². The number of ether oxygens (including phenoxy) is 3. The molecule has 0 aliphatic heterocycles. The second-order valence-corrected chi connectivity index (χ2v) is 6.93. The van der Waals surface area contributed by atoms with Crippen LogP contribution in [-0.4, -0.2) is 30.8 Å². The van der Waals surface area contributed by atoms with Gasteiger partial charge in [0.25, 0.3) is 0 Å². The molecule has 5 nitrogen and oxygen atoms in total. The molecule has 0 unspecified atom stereocenters. The van der Waals surface area contributed by atoms with E-state index < -0.39 is 29.6 Å². The Labute approximate surface area is 171 Å². The number of hydrogen-bond donors (Lipinski definition) is 0. The third-order valence-electron chi connectivity index (χ3n) is 3.88. The predicted molar refractivity (Wildman–Crippen MR) is 98.8 cm³/mol. The highest BCUT2D eigenvalue weighted by atomic mass is 32.1. The zero-order valence-electron chi connectivity index (χ0n) is 15.5. The summed E-state index contributed by atoms with van der Waals surface area (Å²) in [5.74, 6) is -2.38. The Bertz CT molecular complexity index is 1080. The van der Waals surface area contributed by atoms with E-state index in [0.717, 1.165) is 29.5 Å². The number of esters is 1. The first kappa shape index (κ1) is 21.8. The number of fused-ring (bicyclic) bond motifs is 1. The van der Waals surface area contributed by atoms with Crippen LogP contribution < -0.4 is 9.47 Å². The Kier molecular flexibility index (Phi) is 5.84. The average molecular weight is 447 g/mol. The standard InChI is InChI=1S/C19H14F5NO4S/c1-3-28-17(26)19(23,24)29-13-6-4-10(8-14(13)27-2)16-25-12-9-11(18(20,21)22)5-7-15(12)30-16/h4-9H,3H2,1-2H3. The number of methoxy groups -OCH3 is 1. The van der Waals surface area contributed by atoms with Crippen molar-refractivity contribution in [2.24, 2.45) is 0 Å². The van der Waals surface area contributed by atoms with Crippen molar-refractivity contribution in [1.82, 2.24) is 4.98 Å². The number of benzene rings is 2. The van der Waals surface area contributed by atoms with Gasteiger partial charge in [-0.1, -0.05) is 0 Å². The molecule has 1 heterocycles. The first-order chi connectivity index (χ1) is 14.0. The molecule has 30 heavy (non-hydrogen) atoms. The van der Waals surface area contributed by atoms with Gasteiger partial charge in [-0.3, -0.25) is 0 Å². The fourth-order valence-electron chi connectivity index (χ4n) is 2.51. The highest BCUT2D eigenvalue weighted by Gasteiger charge is 2.45. The molecule has 160 valence electrons. The van der Waals surface area contributed by atoms with Gasteiger partial charge in [-0.25, -0.2) is 9.78 Å². The van der Waals surface area contributed by atoms with Crippen LogP contribution in [0.4, 0.5) is 22.0 Å². The third kappa shape index (κ3) is 4.45. The summed E-state index contributed by atoms with van der Waals surface area (Å²) < 4.78 is 80.6. The van der Waals surface area contributed by atoms with Crippen molar-refractivity contribution in [3.63, 3.8) is 0 Å². The number of carbonyl (C=O) groups is 1. The van der Waals surface area contributed by atoms with E-state index in [1.165, 1.54) is 32.2 Å². The fourth-order valence-corrected chi connectivity index (χ4v) is 3.45. The number of nitrogens with zero attached hydrogens (tertiary/aromatic N) is 1. The molecule has 3 aromatic rings. The topological polar surface area (TPSA) is 57.7 Å². The lowest BCUT2D eigenvalue weighted by Gasteiger charge is -2.18. The van der Waals surface area contributed by atoms with Crippen molar-refractivity contribution in [2.75, 3.05) is 13.7 Å². The van der Waals surface area contributed by atoms with Crippen molar-refractivity contribution in [3.05, 3.63) is 42.0 Å². The average Bonchev–Trinajstić information content (AvgIpc) is 3.11. The molecule has 0 fully saturated rings. The van der Waals surface area contributed by atoms with Gasteiger partial charge in [0, 0.05) is 5.56 Å². The number of thiazole rings is 1. The molecule has 0 saturated heterocycles. The number of alkyl halides is 5. The Morgan fingerprint density at radius 2 is 1.80 bits per heavy atom. The zero-order chi connectivity index (χ0) is 22.1. The summed E-state index contributed by atoms with van der Waals surface area (Å²) in [6.45, 7) is 1.13. The molecule has 0 spiro atoms. The van der Waals surface area contributed by atoms with Crippen LogP contribution in [0.15, 0.2) is 36.4 Å². The van der Waals surface area contributed by atoms with Gasteiger partial charge in [-0.2, -0.15) is 22.0 Å². The highest BCUT2D eigenvalue weighted by molar-refractivity contribution is 7.21. The minimum absolute atomic E-state index is 0.119. The lowest BCUT2D eigenvalue weighted by molar-refractivity contribution is -0.216. The van der Waals surface area contributed by atoms with E-state index in [2.05, 4.69) is 14.5 Å². The molecule has 0 aliphatic rings. The molecular formula is C19H14F5NO4S. The van der Waals surface area contributed by atoms with Gasteiger partial charge >= 0.3 is 18.3 Å². The van der Waals surface area contributed by atoms with E-state index in [1.807, 2.05) is 0 Å². The number of halogens is 5. The van der Waals surface area contributed by atoms with Crippen molar-refractivity contribution in [2.45, 2.75) is 19.2 Å². The lowest BCUT2D eigenvalue weighted by Crippen LogP contribution is -2.37. The first-order valence-corrected chi connectivity index (χ1v) is 9.27. The maximum absolute atomic E-state index is 13.8. The van der Waals surface area contributed by atoms with E-state index in [0.29, 0.717) is 15.3 Å². The molecular weight excluding hydrogens is 433 g/mol. The maximum Gasteiger partial charge on any atom is 0.502 e. The van der Waals surface area contributed by atoms with Gasteiger partial charge in [0.05, 0.1) is 29.5 Å². The van der Waals surface area contributed by atoms with Crippen LogP contribution >= 0.6 is 11.3 Å². The van der Waals surface area contributed by atoms with Gasteiger partial charge in [0.1, 0.15) is 5.01 Å². The molecule has 2 aromatic carbocycles. The molecule has 0 bridgehead atoms. The van der Waals surface area contributed by atoms with E-state index in [9.17, 15) is 26.7 Å². The summed E-state index contributed by atoms with van der Waals surface area (Å²) in [6, 6.07) is 7.06. The Hall–Kier alpha value is -2.95. The molecule has 0 aliphatic carbocycles. The summed E-state index contributed by atoms with van der Waals surface area (Å²) in [4.78, 5) is 15.5. The molecule has 1 aromatic heterocycles. The second-order valence-electron chi connectivity index (χ2n) is 5.90. The first-order valence-electron chi connectivity index (χ1n) is 8.45. The quantitative estimate of drug-likeness (QED) is 0.368. The molecule has 0 amide bonds. The van der Waals surface area contributed by atoms with Gasteiger partial charge < -0.3 is 14.2 Å². The summed E-state index contributed by atoms with van der Waals surface area (Å²) >= 11 is 1.12. The monoisotopic (exact) mass is 447 g/mol. The van der Waals surface area contributed by atoms with Crippen molar-refractivity contribution >= 4 is 27.5 Å². The zero-order valence-corrected chi connectivity index (χ0v) is 16.4. The van der Waals surface area contributed by atoms with Crippen LogP contribution in [0.5, 0.6) is 11.5 Å². The van der Waals surface area contributed by atoms with Crippen LogP contribution in [-0.2, 0) is 15.7 Å². The van der Waals surface area contributed by atoms with Crippen LogP contribution in [0.2, 0.25) is 0 Å². The minimum Gasteiger partial charge on any atom is -0.493 e. The number of carbonyl (C=O) groups excluding carboxylic acids is 1. The molecule has 0 atom stereocenters. The maximum atomic E-state index is 13.8. The van der Waals surface area contributed by atoms with Crippen LogP contribution in [0.3, 0.4) is 0 Å². The molecule has 0 radical (unpaired) electrons. The van der Waals surface area contributed by atoms with E-state index in [4.69, 9.17) is 4.74 Å². The molecule has 0 saturated carbocycles.